The molecule has 1 fully saturated rings. The zero-order valence-electron chi connectivity index (χ0n) is 12.2. The summed E-state index contributed by atoms with van der Waals surface area (Å²) in [5.41, 5.74) is 5.18. The first-order chi connectivity index (χ1) is 8.44. The molecular weight excluding hydrogens is 224 g/mol. The van der Waals surface area contributed by atoms with E-state index >= 15 is 0 Å². The standard InChI is InChI=1S/C14H28N4/c1-14(16,12-15)8-4-5-9-18-10-6-7-13(18)11-17(2)3/h13H,4-11,16H2,1-3H3. The zero-order chi connectivity index (χ0) is 13.6. The van der Waals surface area contributed by atoms with Gasteiger partial charge in [-0.25, -0.2) is 0 Å². The maximum absolute atomic E-state index is 8.86. The van der Waals surface area contributed by atoms with E-state index < -0.39 is 5.54 Å². The second-order valence-corrected chi connectivity index (χ2v) is 6.08. The Balaban J connectivity index is 2.21. The van der Waals surface area contributed by atoms with Crippen molar-refractivity contribution in [2.75, 3.05) is 33.7 Å². The van der Waals surface area contributed by atoms with Crippen molar-refractivity contribution in [1.29, 1.82) is 5.26 Å². The minimum absolute atomic E-state index is 0.645. The first-order valence-electron chi connectivity index (χ1n) is 7.03. The van der Waals surface area contributed by atoms with Gasteiger partial charge in [0.15, 0.2) is 0 Å². The van der Waals surface area contributed by atoms with Crippen LogP contribution in [0.15, 0.2) is 0 Å². The molecule has 0 bridgehead atoms. The number of nitriles is 1. The van der Waals surface area contributed by atoms with Gasteiger partial charge in [-0.2, -0.15) is 5.26 Å². The number of likely N-dealkylation sites (tertiary alicyclic amines) is 1. The average Bonchev–Trinajstić information content (AvgIpc) is 2.71. The van der Waals surface area contributed by atoms with Crippen molar-refractivity contribution < 1.29 is 0 Å². The summed E-state index contributed by atoms with van der Waals surface area (Å²) in [6.07, 6.45) is 5.65. The first kappa shape index (κ1) is 15.4. The number of nitrogens with two attached hydrogens (primary N) is 1. The predicted molar refractivity (Wildman–Crippen MR) is 75.2 cm³/mol. The lowest BCUT2D eigenvalue weighted by molar-refractivity contribution is 0.203. The van der Waals surface area contributed by atoms with Crippen molar-refractivity contribution in [3.8, 4) is 6.07 Å². The third-order valence-electron chi connectivity index (χ3n) is 3.72. The Morgan fingerprint density at radius 3 is 2.78 bits per heavy atom. The Bertz CT molecular complexity index is 280. The van der Waals surface area contributed by atoms with Gasteiger partial charge in [0, 0.05) is 12.6 Å². The van der Waals surface area contributed by atoms with E-state index in [0.29, 0.717) is 0 Å². The summed E-state index contributed by atoms with van der Waals surface area (Å²) in [4.78, 5) is 4.87. The molecule has 4 heteroatoms. The van der Waals surface area contributed by atoms with Crippen LogP contribution in [0.3, 0.4) is 0 Å². The minimum atomic E-state index is -0.645. The monoisotopic (exact) mass is 252 g/mol. The van der Waals surface area contributed by atoms with Gasteiger partial charge < -0.3 is 10.6 Å². The summed E-state index contributed by atoms with van der Waals surface area (Å²) < 4.78 is 0. The van der Waals surface area contributed by atoms with Crippen molar-refractivity contribution in [3.05, 3.63) is 0 Å². The molecule has 0 aliphatic carbocycles. The van der Waals surface area contributed by atoms with E-state index in [4.69, 9.17) is 11.0 Å². The number of rotatable bonds is 7. The van der Waals surface area contributed by atoms with Gasteiger partial charge in [0.25, 0.3) is 0 Å². The third kappa shape index (κ3) is 5.34. The van der Waals surface area contributed by atoms with Gasteiger partial charge >= 0.3 is 0 Å². The molecule has 1 saturated heterocycles. The van der Waals surface area contributed by atoms with Crippen LogP contribution >= 0.6 is 0 Å². The molecule has 0 aromatic carbocycles. The minimum Gasteiger partial charge on any atom is -0.314 e. The number of hydrogen-bond acceptors (Lipinski definition) is 4. The molecule has 2 N–H and O–H groups in total. The summed E-state index contributed by atoms with van der Waals surface area (Å²) in [7, 11) is 4.28. The molecule has 0 aromatic rings. The fourth-order valence-electron chi connectivity index (χ4n) is 2.68. The molecule has 1 aliphatic rings. The normalized spacial score (nSPS) is 24.1. The third-order valence-corrected chi connectivity index (χ3v) is 3.72. The van der Waals surface area contributed by atoms with E-state index in [1.807, 2.05) is 6.92 Å². The van der Waals surface area contributed by atoms with Crippen LogP contribution in [0.1, 0.15) is 39.0 Å². The van der Waals surface area contributed by atoms with Crippen LogP contribution in [0.5, 0.6) is 0 Å². The van der Waals surface area contributed by atoms with E-state index in [9.17, 15) is 0 Å². The molecule has 18 heavy (non-hydrogen) atoms. The fraction of sp³-hybridized carbons (Fsp3) is 0.929. The predicted octanol–water partition coefficient (Wildman–Crippen LogP) is 1.42. The van der Waals surface area contributed by atoms with Gasteiger partial charge in [-0.05, 0) is 66.2 Å². The number of unbranched alkanes of at least 4 members (excludes halogenated alkanes) is 1. The lowest BCUT2D eigenvalue weighted by Gasteiger charge is -2.27. The maximum Gasteiger partial charge on any atom is 0.101 e. The summed E-state index contributed by atoms with van der Waals surface area (Å²) >= 11 is 0. The number of hydrogen-bond donors (Lipinski definition) is 1. The van der Waals surface area contributed by atoms with Crippen LogP contribution in [-0.4, -0.2) is 55.1 Å². The topological polar surface area (TPSA) is 56.3 Å². The Labute approximate surface area is 112 Å². The molecule has 0 radical (unpaired) electrons. The Morgan fingerprint density at radius 2 is 2.17 bits per heavy atom. The van der Waals surface area contributed by atoms with E-state index in [1.54, 1.807) is 0 Å². The summed E-state index contributed by atoms with van der Waals surface area (Å²) in [6.45, 7) is 5.36. The summed E-state index contributed by atoms with van der Waals surface area (Å²) in [5.74, 6) is 0. The van der Waals surface area contributed by atoms with E-state index in [0.717, 1.165) is 38.4 Å². The van der Waals surface area contributed by atoms with Gasteiger partial charge in [-0.3, -0.25) is 4.90 Å². The second kappa shape index (κ2) is 7.08. The molecule has 4 nitrogen and oxygen atoms in total. The molecule has 2 unspecified atom stereocenters. The molecule has 0 saturated carbocycles. The molecule has 0 aromatic heterocycles. The number of likely N-dealkylation sites (N-methyl/N-ethyl adjacent to an activating group) is 1. The highest BCUT2D eigenvalue weighted by Crippen LogP contribution is 2.19. The van der Waals surface area contributed by atoms with Crippen molar-refractivity contribution in [2.24, 2.45) is 5.73 Å². The Kier molecular flexibility index (Phi) is 6.07. The largest absolute Gasteiger partial charge is 0.314 e. The van der Waals surface area contributed by atoms with Gasteiger partial charge in [-0.1, -0.05) is 0 Å². The Hall–Kier alpha value is -0.630. The molecule has 1 heterocycles. The molecule has 104 valence electrons. The van der Waals surface area contributed by atoms with Crippen LogP contribution in [0, 0.1) is 11.3 Å². The van der Waals surface area contributed by atoms with Crippen molar-refractivity contribution in [3.63, 3.8) is 0 Å². The molecular formula is C14H28N4. The second-order valence-electron chi connectivity index (χ2n) is 6.08. The van der Waals surface area contributed by atoms with E-state index in [2.05, 4.69) is 30.0 Å². The molecule has 0 amide bonds. The van der Waals surface area contributed by atoms with Crippen molar-refractivity contribution >= 4 is 0 Å². The van der Waals surface area contributed by atoms with Gasteiger partial charge in [0.2, 0.25) is 0 Å². The lowest BCUT2D eigenvalue weighted by Crippen LogP contribution is -2.38. The van der Waals surface area contributed by atoms with Gasteiger partial charge in [0.05, 0.1) is 6.07 Å². The molecule has 0 spiro atoms. The van der Waals surface area contributed by atoms with Crippen molar-refractivity contribution in [1.82, 2.24) is 9.80 Å². The zero-order valence-corrected chi connectivity index (χ0v) is 12.2. The smallest absolute Gasteiger partial charge is 0.101 e. The van der Waals surface area contributed by atoms with Crippen molar-refractivity contribution in [2.45, 2.75) is 50.6 Å². The summed E-state index contributed by atoms with van der Waals surface area (Å²) in [6, 6.07) is 2.88. The quantitative estimate of drug-likeness (QED) is 0.696. The van der Waals surface area contributed by atoms with Gasteiger partial charge in [0.1, 0.15) is 5.54 Å². The fourth-order valence-corrected chi connectivity index (χ4v) is 2.68. The number of nitrogens with zero attached hydrogens (tertiary/aromatic N) is 3. The molecule has 1 aliphatic heterocycles. The van der Waals surface area contributed by atoms with Gasteiger partial charge in [-0.15, -0.1) is 0 Å². The van der Waals surface area contributed by atoms with E-state index in [-0.39, 0.29) is 0 Å². The highest BCUT2D eigenvalue weighted by Gasteiger charge is 2.24. The van der Waals surface area contributed by atoms with Crippen LogP contribution in [0.2, 0.25) is 0 Å². The first-order valence-corrected chi connectivity index (χ1v) is 7.03. The van der Waals surface area contributed by atoms with E-state index in [1.165, 1.54) is 19.4 Å². The molecule has 2 atom stereocenters. The van der Waals surface area contributed by atoms with Crippen LogP contribution in [0.25, 0.3) is 0 Å². The summed E-state index contributed by atoms with van der Waals surface area (Å²) in [5, 5.41) is 8.86. The average molecular weight is 252 g/mol. The van der Waals surface area contributed by atoms with Crippen LogP contribution in [0.4, 0.5) is 0 Å². The van der Waals surface area contributed by atoms with Crippen LogP contribution in [-0.2, 0) is 0 Å². The molecule has 1 rings (SSSR count). The lowest BCUT2D eigenvalue weighted by atomic mass is 9.98. The van der Waals surface area contributed by atoms with Crippen LogP contribution < -0.4 is 5.73 Å². The SMILES string of the molecule is CN(C)CC1CCCN1CCCCC(C)(N)C#N. The highest BCUT2D eigenvalue weighted by atomic mass is 15.2. The highest BCUT2D eigenvalue weighted by molar-refractivity contribution is 5.00. The maximum atomic E-state index is 8.86. The Morgan fingerprint density at radius 1 is 1.44 bits per heavy atom.